The molecule has 0 rings (SSSR count). The molecule has 0 spiro atoms. The van der Waals surface area contributed by atoms with Crippen LogP contribution in [-0.4, -0.2) is 19.0 Å². The minimum Gasteiger partial charge on any atom is -0.463 e. The number of hydrogen-bond donors (Lipinski definition) is 1. The Kier molecular flexibility index (Phi) is 4.81. The Morgan fingerprint density at radius 1 is 1.64 bits per heavy atom. The van der Waals surface area contributed by atoms with Gasteiger partial charge in [0, 0.05) is 6.20 Å². The fraction of sp³-hybridized carbons (Fsp3) is 0.429. The van der Waals surface area contributed by atoms with E-state index in [-0.39, 0.29) is 0 Å². The number of rotatable bonds is 4. The van der Waals surface area contributed by atoms with Crippen LogP contribution in [0.1, 0.15) is 13.8 Å². The van der Waals surface area contributed by atoms with Crippen molar-refractivity contribution >= 4 is 12.4 Å². The highest BCUT2D eigenvalue weighted by Crippen LogP contribution is 1.93. The van der Waals surface area contributed by atoms with Crippen LogP contribution in [0.2, 0.25) is 0 Å². The molecule has 1 N–H and O–H groups in total. The van der Waals surface area contributed by atoms with Crippen LogP contribution in [0.15, 0.2) is 11.8 Å². The smallest absolute Gasteiger partial charge is 0.335 e. The van der Waals surface area contributed by atoms with Crippen LogP contribution in [-0.2, 0) is 14.3 Å². The summed E-state index contributed by atoms with van der Waals surface area (Å²) < 4.78 is 4.64. The Morgan fingerprint density at radius 3 is 2.73 bits per heavy atom. The number of esters is 1. The summed E-state index contributed by atoms with van der Waals surface area (Å²) in [5.41, 5.74) is 0.374. The van der Waals surface area contributed by atoms with Crippen LogP contribution < -0.4 is 5.32 Å². The fourth-order valence-corrected chi connectivity index (χ4v) is 0.463. The molecule has 0 bridgehead atoms. The topological polar surface area (TPSA) is 55.4 Å². The van der Waals surface area contributed by atoms with Crippen molar-refractivity contribution in [2.75, 3.05) is 6.61 Å². The maximum atomic E-state index is 10.8. The predicted octanol–water partition coefficient (Wildman–Crippen LogP) is 0.199. The molecule has 0 aromatic rings. The monoisotopic (exact) mass is 157 g/mol. The van der Waals surface area contributed by atoms with Gasteiger partial charge in [-0.3, -0.25) is 4.79 Å². The van der Waals surface area contributed by atoms with Crippen LogP contribution in [0.4, 0.5) is 0 Å². The third-order valence-electron chi connectivity index (χ3n) is 0.965. The van der Waals surface area contributed by atoms with Crippen molar-refractivity contribution in [2.24, 2.45) is 0 Å². The van der Waals surface area contributed by atoms with E-state index in [9.17, 15) is 9.59 Å². The lowest BCUT2D eigenvalue weighted by Crippen LogP contribution is -2.09. The van der Waals surface area contributed by atoms with E-state index < -0.39 is 5.97 Å². The van der Waals surface area contributed by atoms with Gasteiger partial charge >= 0.3 is 5.97 Å². The maximum Gasteiger partial charge on any atom is 0.335 e. The number of carbonyl (C=O) groups excluding carboxylic acids is 2. The minimum atomic E-state index is -0.415. The quantitative estimate of drug-likeness (QED) is 0.360. The lowest BCUT2D eigenvalue weighted by atomic mass is 10.3. The summed E-state index contributed by atoms with van der Waals surface area (Å²) in [6, 6.07) is 0. The molecular formula is C7H11NO3. The first-order chi connectivity index (χ1) is 5.22. The molecule has 0 atom stereocenters. The molecule has 0 aromatic heterocycles. The largest absolute Gasteiger partial charge is 0.463 e. The summed E-state index contributed by atoms with van der Waals surface area (Å²) in [5, 5.41) is 2.24. The fourth-order valence-electron chi connectivity index (χ4n) is 0.463. The van der Waals surface area contributed by atoms with E-state index in [1.54, 1.807) is 13.8 Å². The summed E-state index contributed by atoms with van der Waals surface area (Å²) in [7, 11) is 0. The molecule has 0 radical (unpaired) electrons. The van der Waals surface area contributed by atoms with E-state index >= 15 is 0 Å². The van der Waals surface area contributed by atoms with Crippen molar-refractivity contribution in [3.05, 3.63) is 11.8 Å². The molecule has 0 unspecified atom stereocenters. The van der Waals surface area contributed by atoms with Crippen molar-refractivity contribution in [1.82, 2.24) is 5.32 Å². The first-order valence-electron chi connectivity index (χ1n) is 3.26. The summed E-state index contributed by atoms with van der Waals surface area (Å²) in [5.74, 6) is -0.415. The predicted molar refractivity (Wildman–Crippen MR) is 39.6 cm³/mol. The highest BCUT2D eigenvalue weighted by Gasteiger charge is 2.02. The first kappa shape index (κ1) is 9.68. The van der Waals surface area contributed by atoms with Gasteiger partial charge in [-0.1, -0.05) is 0 Å². The Labute approximate surface area is 65.2 Å². The third kappa shape index (κ3) is 4.13. The standard InChI is InChI=1S/C7H11NO3/c1-3-11-7(10)6(2)4-8-5-9/h4-5H,3H2,1-2H3,(H,8,9). The molecule has 4 nitrogen and oxygen atoms in total. The molecule has 0 aliphatic carbocycles. The molecule has 0 aromatic carbocycles. The lowest BCUT2D eigenvalue weighted by Gasteiger charge is -1.99. The summed E-state index contributed by atoms with van der Waals surface area (Å²) in [6.45, 7) is 3.62. The Bertz CT molecular complexity index is 175. The van der Waals surface area contributed by atoms with E-state index in [4.69, 9.17) is 0 Å². The van der Waals surface area contributed by atoms with Crippen molar-refractivity contribution in [3.63, 3.8) is 0 Å². The SMILES string of the molecule is CCOC(=O)C(C)=CNC=O. The van der Waals surface area contributed by atoms with Crippen LogP contribution in [0.25, 0.3) is 0 Å². The zero-order valence-corrected chi connectivity index (χ0v) is 6.59. The number of hydrogen-bond acceptors (Lipinski definition) is 3. The number of amides is 1. The van der Waals surface area contributed by atoms with E-state index in [1.165, 1.54) is 6.20 Å². The Morgan fingerprint density at radius 2 is 2.27 bits per heavy atom. The van der Waals surface area contributed by atoms with Crippen LogP contribution in [0.3, 0.4) is 0 Å². The van der Waals surface area contributed by atoms with Gasteiger partial charge in [-0.05, 0) is 13.8 Å². The zero-order chi connectivity index (χ0) is 8.69. The average Bonchev–Trinajstić information content (AvgIpc) is 2.00. The van der Waals surface area contributed by atoms with Crippen LogP contribution in [0, 0.1) is 0 Å². The molecule has 0 aliphatic heterocycles. The molecule has 0 heterocycles. The van der Waals surface area contributed by atoms with Crippen molar-refractivity contribution < 1.29 is 14.3 Å². The van der Waals surface area contributed by atoms with Gasteiger partial charge in [-0.15, -0.1) is 0 Å². The molecule has 4 heteroatoms. The third-order valence-corrected chi connectivity index (χ3v) is 0.965. The lowest BCUT2D eigenvalue weighted by molar-refractivity contribution is -0.138. The molecule has 11 heavy (non-hydrogen) atoms. The number of ether oxygens (including phenoxy) is 1. The number of nitrogens with one attached hydrogen (secondary N) is 1. The van der Waals surface area contributed by atoms with E-state index in [2.05, 4.69) is 10.1 Å². The molecule has 0 saturated heterocycles. The van der Waals surface area contributed by atoms with Gasteiger partial charge in [-0.25, -0.2) is 4.79 Å². The second-order valence-electron chi connectivity index (χ2n) is 1.83. The second-order valence-corrected chi connectivity index (χ2v) is 1.83. The molecule has 62 valence electrons. The molecule has 0 saturated carbocycles. The van der Waals surface area contributed by atoms with E-state index in [1.807, 2.05) is 0 Å². The van der Waals surface area contributed by atoms with Gasteiger partial charge in [-0.2, -0.15) is 0 Å². The molecule has 0 aliphatic rings. The minimum absolute atomic E-state index is 0.338. The van der Waals surface area contributed by atoms with Gasteiger partial charge in [0.05, 0.1) is 12.2 Å². The summed E-state index contributed by atoms with van der Waals surface area (Å²) in [6.07, 6.45) is 1.79. The van der Waals surface area contributed by atoms with Gasteiger partial charge in [0.1, 0.15) is 0 Å². The highest BCUT2D eigenvalue weighted by molar-refractivity contribution is 5.87. The molecule has 0 fully saturated rings. The van der Waals surface area contributed by atoms with E-state index in [0.717, 1.165) is 0 Å². The Hall–Kier alpha value is -1.32. The Balaban J connectivity index is 3.89. The van der Waals surface area contributed by atoms with E-state index in [0.29, 0.717) is 18.6 Å². The van der Waals surface area contributed by atoms with Crippen LogP contribution >= 0.6 is 0 Å². The maximum absolute atomic E-state index is 10.8. The summed E-state index contributed by atoms with van der Waals surface area (Å²) >= 11 is 0. The van der Waals surface area contributed by atoms with Crippen LogP contribution in [0.5, 0.6) is 0 Å². The normalized spacial score (nSPS) is 10.5. The van der Waals surface area contributed by atoms with Crippen molar-refractivity contribution in [2.45, 2.75) is 13.8 Å². The number of carbonyl (C=O) groups is 2. The van der Waals surface area contributed by atoms with Crippen molar-refractivity contribution in [1.29, 1.82) is 0 Å². The molecular weight excluding hydrogens is 146 g/mol. The average molecular weight is 157 g/mol. The molecule has 1 amide bonds. The summed E-state index contributed by atoms with van der Waals surface area (Å²) in [4.78, 5) is 20.6. The second kappa shape index (κ2) is 5.46. The highest BCUT2D eigenvalue weighted by atomic mass is 16.5. The first-order valence-corrected chi connectivity index (χ1v) is 3.26. The van der Waals surface area contributed by atoms with Gasteiger partial charge in [0.15, 0.2) is 0 Å². The van der Waals surface area contributed by atoms with Crippen molar-refractivity contribution in [3.8, 4) is 0 Å². The zero-order valence-electron chi connectivity index (χ0n) is 6.59. The van der Waals surface area contributed by atoms with Gasteiger partial charge in [0.25, 0.3) is 0 Å². The van der Waals surface area contributed by atoms with Gasteiger partial charge < -0.3 is 10.1 Å². The van der Waals surface area contributed by atoms with Gasteiger partial charge in [0.2, 0.25) is 6.41 Å².